The van der Waals surface area contributed by atoms with Crippen LogP contribution in [-0.4, -0.2) is 22.6 Å². The van der Waals surface area contributed by atoms with Gasteiger partial charge in [0.05, 0.1) is 18.3 Å². The first-order valence-corrected chi connectivity index (χ1v) is 7.06. The number of hydrogen-bond donors (Lipinski definition) is 1. The van der Waals surface area contributed by atoms with E-state index in [4.69, 9.17) is 16.3 Å². The fraction of sp³-hybridized carbons (Fsp3) is 0.125. The Labute approximate surface area is 132 Å². The molecule has 0 bridgehead atoms. The molecule has 5 nitrogen and oxygen atoms in total. The Morgan fingerprint density at radius 2 is 2.14 bits per heavy atom. The topological polar surface area (TPSA) is 55.6 Å². The van der Waals surface area contributed by atoms with E-state index in [1.165, 1.54) is 7.11 Å². The maximum atomic E-state index is 12.4. The molecule has 0 atom stereocenters. The van der Waals surface area contributed by atoms with Crippen LogP contribution in [0, 0.1) is 6.92 Å². The van der Waals surface area contributed by atoms with Crippen molar-refractivity contribution in [2.75, 3.05) is 12.4 Å². The van der Waals surface area contributed by atoms with Crippen LogP contribution >= 0.6 is 11.6 Å². The van der Waals surface area contributed by atoms with Crippen LogP contribution in [0.25, 0.3) is 5.52 Å². The molecule has 2 aromatic heterocycles. The molecule has 3 aromatic rings. The van der Waals surface area contributed by atoms with Crippen LogP contribution in [0.4, 0.5) is 5.69 Å². The quantitative estimate of drug-likeness (QED) is 0.804. The van der Waals surface area contributed by atoms with E-state index in [9.17, 15) is 4.79 Å². The molecule has 0 radical (unpaired) electrons. The minimum atomic E-state index is -0.302. The number of fused-ring (bicyclic) bond motifs is 1. The van der Waals surface area contributed by atoms with Crippen LogP contribution in [0.3, 0.4) is 0 Å². The third-order valence-electron chi connectivity index (χ3n) is 3.33. The van der Waals surface area contributed by atoms with Crippen molar-refractivity contribution in [1.82, 2.24) is 9.61 Å². The number of anilines is 1. The molecule has 2 heterocycles. The number of hydrogen-bond acceptors (Lipinski definition) is 3. The summed E-state index contributed by atoms with van der Waals surface area (Å²) in [6.07, 6.45) is 1.79. The smallest absolute Gasteiger partial charge is 0.276 e. The van der Waals surface area contributed by atoms with Crippen molar-refractivity contribution < 1.29 is 9.53 Å². The fourth-order valence-corrected chi connectivity index (χ4v) is 2.32. The Bertz CT molecular complexity index is 825. The number of ether oxygens (including phenoxy) is 1. The average Bonchev–Trinajstić information content (AvgIpc) is 2.94. The molecule has 0 aliphatic rings. The predicted molar refractivity (Wildman–Crippen MR) is 85.9 cm³/mol. The first-order chi connectivity index (χ1) is 10.6. The van der Waals surface area contributed by atoms with E-state index >= 15 is 0 Å². The van der Waals surface area contributed by atoms with Gasteiger partial charge in [-0.2, -0.15) is 5.10 Å². The number of nitrogens with zero attached hydrogens (tertiary/aromatic N) is 2. The normalized spacial score (nSPS) is 10.7. The molecular formula is C16H14ClN3O2. The van der Waals surface area contributed by atoms with Crippen molar-refractivity contribution in [3.05, 3.63) is 58.9 Å². The largest absolute Gasteiger partial charge is 0.495 e. The van der Waals surface area contributed by atoms with Gasteiger partial charge >= 0.3 is 0 Å². The lowest BCUT2D eigenvalue weighted by Gasteiger charge is -2.11. The number of benzene rings is 1. The third kappa shape index (κ3) is 2.63. The van der Waals surface area contributed by atoms with E-state index in [-0.39, 0.29) is 5.91 Å². The molecule has 0 unspecified atom stereocenters. The van der Waals surface area contributed by atoms with E-state index in [1.54, 1.807) is 28.9 Å². The number of aromatic nitrogens is 2. The van der Waals surface area contributed by atoms with E-state index in [0.717, 1.165) is 11.1 Å². The molecule has 0 saturated carbocycles. The van der Waals surface area contributed by atoms with Gasteiger partial charge in [-0.15, -0.1) is 0 Å². The fourth-order valence-electron chi connectivity index (χ4n) is 2.17. The molecule has 112 valence electrons. The van der Waals surface area contributed by atoms with Crippen molar-refractivity contribution in [3.8, 4) is 5.75 Å². The number of pyridine rings is 1. The lowest BCUT2D eigenvalue weighted by atomic mass is 10.2. The predicted octanol–water partition coefficient (Wildman–Crippen LogP) is 3.56. The lowest BCUT2D eigenvalue weighted by Crippen LogP contribution is -2.13. The number of aryl methyl sites for hydroxylation is 1. The molecule has 1 N–H and O–H groups in total. The van der Waals surface area contributed by atoms with E-state index in [0.29, 0.717) is 22.2 Å². The molecule has 0 aliphatic carbocycles. The second-order valence-electron chi connectivity index (χ2n) is 4.86. The van der Waals surface area contributed by atoms with Gasteiger partial charge in [0, 0.05) is 17.3 Å². The summed E-state index contributed by atoms with van der Waals surface area (Å²) in [6.45, 7) is 1.86. The van der Waals surface area contributed by atoms with Crippen LogP contribution in [0.15, 0.2) is 42.6 Å². The lowest BCUT2D eigenvalue weighted by molar-refractivity contribution is 0.102. The maximum Gasteiger partial charge on any atom is 0.276 e. The number of carbonyl (C=O) groups is 1. The van der Waals surface area contributed by atoms with Gasteiger partial charge < -0.3 is 10.1 Å². The highest BCUT2D eigenvalue weighted by molar-refractivity contribution is 6.31. The van der Waals surface area contributed by atoms with Crippen molar-refractivity contribution >= 4 is 28.7 Å². The number of amides is 1. The second kappa shape index (κ2) is 5.69. The molecule has 1 amide bonds. The standard InChI is InChI=1S/C16H14ClN3O2/c1-10-7-13(15(22-2)9-12(10)17)18-16(21)14-8-11-5-3-4-6-20(11)19-14/h3-9H,1-2H3,(H,18,21). The van der Waals surface area contributed by atoms with Crippen LogP contribution in [0.2, 0.25) is 5.02 Å². The highest BCUT2D eigenvalue weighted by Gasteiger charge is 2.14. The molecule has 3 rings (SSSR count). The SMILES string of the molecule is COc1cc(Cl)c(C)cc1NC(=O)c1cc2ccccn2n1. The molecule has 0 fully saturated rings. The summed E-state index contributed by atoms with van der Waals surface area (Å²) < 4.78 is 6.90. The highest BCUT2D eigenvalue weighted by atomic mass is 35.5. The van der Waals surface area contributed by atoms with Gasteiger partial charge in [0.25, 0.3) is 5.91 Å². The zero-order valence-electron chi connectivity index (χ0n) is 12.1. The summed E-state index contributed by atoms with van der Waals surface area (Å²) in [5.74, 6) is 0.205. The Kier molecular flexibility index (Phi) is 3.73. The number of nitrogens with one attached hydrogen (secondary N) is 1. The molecule has 1 aromatic carbocycles. The maximum absolute atomic E-state index is 12.4. The highest BCUT2D eigenvalue weighted by Crippen LogP contribution is 2.31. The zero-order chi connectivity index (χ0) is 15.7. The third-order valence-corrected chi connectivity index (χ3v) is 3.74. The Hall–Kier alpha value is -2.53. The molecular weight excluding hydrogens is 302 g/mol. The number of carbonyl (C=O) groups excluding carboxylic acids is 1. The summed E-state index contributed by atoms with van der Waals surface area (Å²) in [6, 6.07) is 10.8. The van der Waals surface area contributed by atoms with Crippen LogP contribution in [-0.2, 0) is 0 Å². The summed E-state index contributed by atoms with van der Waals surface area (Å²) in [4.78, 5) is 12.4. The molecule has 6 heteroatoms. The summed E-state index contributed by atoms with van der Waals surface area (Å²) in [7, 11) is 1.53. The van der Waals surface area contributed by atoms with E-state index < -0.39 is 0 Å². The van der Waals surface area contributed by atoms with Crippen LogP contribution < -0.4 is 10.1 Å². The van der Waals surface area contributed by atoms with Gasteiger partial charge in [-0.3, -0.25) is 4.79 Å². The Morgan fingerprint density at radius 3 is 2.86 bits per heavy atom. The van der Waals surface area contributed by atoms with Gasteiger partial charge in [0.2, 0.25) is 0 Å². The van der Waals surface area contributed by atoms with Crippen molar-refractivity contribution in [1.29, 1.82) is 0 Å². The number of methoxy groups -OCH3 is 1. The van der Waals surface area contributed by atoms with Gasteiger partial charge in [0.1, 0.15) is 5.75 Å². The Morgan fingerprint density at radius 1 is 1.32 bits per heavy atom. The van der Waals surface area contributed by atoms with Gasteiger partial charge in [-0.25, -0.2) is 4.52 Å². The van der Waals surface area contributed by atoms with Crippen molar-refractivity contribution in [2.45, 2.75) is 6.92 Å². The first-order valence-electron chi connectivity index (χ1n) is 6.68. The minimum Gasteiger partial charge on any atom is -0.495 e. The number of rotatable bonds is 3. The zero-order valence-corrected chi connectivity index (χ0v) is 12.9. The van der Waals surface area contributed by atoms with E-state index in [1.807, 2.05) is 25.1 Å². The summed E-state index contributed by atoms with van der Waals surface area (Å²) in [5, 5.41) is 7.64. The summed E-state index contributed by atoms with van der Waals surface area (Å²) >= 11 is 6.06. The van der Waals surface area contributed by atoms with E-state index in [2.05, 4.69) is 10.4 Å². The first kappa shape index (κ1) is 14.4. The average molecular weight is 316 g/mol. The second-order valence-corrected chi connectivity index (χ2v) is 5.26. The van der Waals surface area contributed by atoms with Crippen molar-refractivity contribution in [3.63, 3.8) is 0 Å². The summed E-state index contributed by atoms with van der Waals surface area (Å²) in [5.41, 5.74) is 2.60. The van der Waals surface area contributed by atoms with Gasteiger partial charge in [-0.05, 0) is 36.8 Å². The monoisotopic (exact) mass is 315 g/mol. The van der Waals surface area contributed by atoms with Gasteiger partial charge in [-0.1, -0.05) is 17.7 Å². The molecule has 22 heavy (non-hydrogen) atoms. The van der Waals surface area contributed by atoms with Crippen LogP contribution in [0.1, 0.15) is 16.1 Å². The van der Waals surface area contributed by atoms with Crippen LogP contribution in [0.5, 0.6) is 5.75 Å². The van der Waals surface area contributed by atoms with Gasteiger partial charge in [0.15, 0.2) is 5.69 Å². The minimum absolute atomic E-state index is 0.302. The van der Waals surface area contributed by atoms with Crippen molar-refractivity contribution in [2.24, 2.45) is 0 Å². The Balaban J connectivity index is 1.92. The number of halogens is 1. The molecule has 0 saturated heterocycles. The molecule has 0 aliphatic heterocycles. The molecule has 0 spiro atoms.